The van der Waals surface area contributed by atoms with Crippen LogP contribution in [-0.2, 0) is 0 Å². The number of hydrogen-bond donors (Lipinski definition) is 0. The molecule has 0 bridgehead atoms. The first-order valence-electron chi connectivity index (χ1n) is 4.68. The molecule has 0 radical (unpaired) electrons. The summed E-state index contributed by atoms with van der Waals surface area (Å²) in [4.78, 5) is 2.61. The van der Waals surface area contributed by atoms with Gasteiger partial charge in [-0.1, -0.05) is 6.92 Å². The van der Waals surface area contributed by atoms with E-state index in [9.17, 15) is 0 Å². The predicted molar refractivity (Wildman–Crippen MR) is 49.8 cm³/mol. The summed E-state index contributed by atoms with van der Waals surface area (Å²) in [6.45, 7) is 12.7. The molecule has 0 heterocycles. The van der Waals surface area contributed by atoms with Crippen LogP contribution in [0.25, 0.3) is 0 Å². The van der Waals surface area contributed by atoms with Crippen molar-refractivity contribution >= 4 is 0 Å². The molecule has 1 fully saturated rings. The van der Waals surface area contributed by atoms with Crippen LogP contribution < -0.4 is 0 Å². The van der Waals surface area contributed by atoms with Gasteiger partial charge in [0.05, 0.1) is 0 Å². The molecule has 1 aliphatic carbocycles. The van der Waals surface area contributed by atoms with E-state index in [2.05, 4.69) is 39.5 Å². The fraction of sp³-hybridized carbons (Fsp3) is 1.00. The number of hydrogen-bond acceptors (Lipinski definition) is 1. The topological polar surface area (TPSA) is 3.24 Å². The van der Waals surface area contributed by atoms with Gasteiger partial charge in [-0.15, -0.1) is 0 Å². The van der Waals surface area contributed by atoms with Crippen LogP contribution in [0.1, 0.15) is 47.5 Å². The van der Waals surface area contributed by atoms with Crippen LogP contribution in [0.15, 0.2) is 0 Å². The van der Waals surface area contributed by atoms with Crippen LogP contribution in [0.2, 0.25) is 0 Å². The second-order valence-corrected chi connectivity index (χ2v) is 4.91. The van der Waals surface area contributed by atoms with Crippen LogP contribution in [0.3, 0.4) is 0 Å². The van der Waals surface area contributed by atoms with Gasteiger partial charge in [-0.2, -0.15) is 0 Å². The average Bonchev–Trinajstić information content (AvgIpc) is 2.45. The van der Waals surface area contributed by atoms with Gasteiger partial charge in [0.1, 0.15) is 0 Å². The van der Waals surface area contributed by atoms with E-state index in [4.69, 9.17) is 0 Å². The zero-order chi connectivity index (χ0) is 8.70. The third kappa shape index (κ3) is 1.76. The van der Waals surface area contributed by atoms with Crippen molar-refractivity contribution in [3.05, 3.63) is 0 Å². The Morgan fingerprint density at radius 1 is 1.27 bits per heavy atom. The van der Waals surface area contributed by atoms with E-state index in [-0.39, 0.29) is 0 Å². The molecule has 66 valence electrons. The van der Waals surface area contributed by atoms with Crippen molar-refractivity contribution in [3.8, 4) is 0 Å². The molecule has 1 aliphatic rings. The lowest BCUT2D eigenvalue weighted by Gasteiger charge is -2.40. The van der Waals surface area contributed by atoms with Crippen molar-refractivity contribution in [3.63, 3.8) is 0 Å². The smallest absolute Gasteiger partial charge is 0.0187 e. The maximum absolute atomic E-state index is 2.61. The van der Waals surface area contributed by atoms with E-state index in [0.717, 1.165) is 0 Å². The molecule has 0 aliphatic heterocycles. The highest BCUT2D eigenvalue weighted by Gasteiger charge is 2.46. The molecule has 0 aromatic carbocycles. The minimum absolute atomic E-state index is 0.347. The molecule has 1 rings (SSSR count). The third-order valence-corrected chi connectivity index (χ3v) is 2.75. The first-order chi connectivity index (χ1) is 4.90. The molecular formula is C10H21N. The number of rotatable bonds is 2. The Bertz CT molecular complexity index is 134. The third-order valence-electron chi connectivity index (χ3n) is 2.75. The normalized spacial score (nSPS) is 22.4. The van der Waals surface area contributed by atoms with Gasteiger partial charge in [0, 0.05) is 11.1 Å². The second kappa shape index (κ2) is 2.48. The monoisotopic (exact) mass is 155 g/mol. The fourth-order valence-corrected chi connectivity index (χ4v) is 2.12. The van der Waals surface area contributed by atoms with Crippen molar-refractivity contribution in [2.45, 2.75) is 58.5 Å². The van der Waals surface area contributed by atoms with Crippen molar-refractivity contribution in [2.24, 2.45) is 0 Å². The van der Waals surface area contributed by atoms with Gasteiger partial charge in [0.25, 0.3) is 0 Å². The Balaban J connectivity index is 2.64. The second-order valence-electron chi connectivity index (χ2n) is 4.91. The van der Waals surface area contributed by atoms with E-state index in [1.807, 2.05) is 0 Å². The van der Waals surface area contributed by atoms with Crippen LogP contribution >= 0.6 is 0 Å². The molecule has 1 nitrogen and oxygen atoms in total. The molecule has 0 unspecified atom stereocenters. The Kier molecular flexibility index (Phi) is 2.04. The Morgan fingerprint density at radius 2 is 1.73 bits per heavy atom. The lowest BCUT2D eigenvalue weighted by molar-refractivity contribution is 0.0833. The first-order valence-corrected chi connectivity index (χ1v) is 4.68. The Morgan fingerprint density at radius 3 is 1.82 bits per heavy atom. The zero-order valence-corrected chi connectivity index (χ0v) is 8.57. The molecule has 0 aromatic rings. The Hall–Kier alpha value is -0.0400. The van der Waals surface area contributed by atoms with Crippen LogP contribution in [0, 0.1) is 0 Å². The summed E-state index contributed by atoms with van der Waals surface area (Å²) in [5, 5.41) is 0. The van der Waals surface area contributed by atoms with Crippen LogP contribution in [0.4, 0.5) is 0 Å². The maximum Gasteiger partial charge on any atom is 0.0187 e. The largest absolute Gasteiger partial charge is 0.293 e. The number of nitrogens with zero attached hydrogens (tertiary/aromatic N) is 1. The van der Waals surface area contributed by atoms with Crippen molar-refractivity contribution in [1.82, 2.24) is 4.90 Å². The molecule has 0 saturated heterocycles. The highest BCUT2D eigenvalue weighted by molar-refractivity contribution is 5.03. The zero-order valence-electron chi connectivity index (χ0n) is 8.57. The van der Waals surface area contributed by atoms with E-state index in [1.54, 1.807) is 0 Å². The van der Waals surface area contributed by atoms with Gasteiger partial charge in [0.2, 0.25) is 0 Å². The summed E-state index contributed by atoms with van der Waals surface area (Å²) >= 11 is 0. The minimum atomic E-state index is 0.347. The van der Waals surface area contributed by atoms with Crippen LogP contribution in [0.5, 0.6) is 0 Å². The average molecular weight is 155 g/mol. The molecular weight excluding hydrogens is 134 g/mol. The summed E-state index contributed by atoms with van der Waals surface area (Å²) < 4.78 is 0. The molecule has 0 atom stereocenters. The van der Waals surface area contributed by atoms with Gasteiger partial charge < -0.3 is 0 Å². The summed E-state index contributed by atoms with van der Waals surface area (Å²) in [5.74, 6) is 0. The standard InChI is InChI=1S/C10H21N/c1-6-11(9(2,3)4)10(5)7-8-10/h6-8H2,1-5H3. The quantitative estimate of drug-likeness (QED) is 0.592. The first kappa shape index (κ1) is 9.05. The predicted octanol–water partition coefficient (Wildman–Crippen LogP) is 2.66. The van der Waals surface area contributed by atoms with Crippen molar-refractivity contribution in [1.29, 1.82) is 0 Å². The van der Waals surface area contributed by atoms with E-state index >= 15 is 0 Å². The molecule has 0 N–H and O–H groups in total. The van der Waals surface area contributed by atoms with E-state index < -0.39 is 0 Å². The minimum Gasteiger partial charge on any atom is -0.293 e. The van der Waals surface area contributed by atoms with Crippen LogP contribution in [-0.4, -0.2) is 22.5 Å². The van der Waals surface area contributed by atoms with Gasteiger partial charge >= 0.3 is 0 Å². The summed E-state index contributed by atoms with van der Waals surface area (Å²) in [6.07, 6.45) is 2.77. The van der Waals surface area contributed by atoms with Crippen molar-refractivity contribution in [2.75, 3.05) is 6.54 Å². The van der Waals surface area contributed by atoms with Gasteiger partial charge in [0.15, 0.2) is 0 Å². The fourth-order valence-electron chi connectivity index (χ4n) is 2.12. The molecule has 0 aromatic heterocycles. The highest BCUT2D eigenvalue weighted by atomic mass is 15.3. The highest BCUT2D eigenvalue weighted by Crippen LogP contribution is 2.44. The molecule has 1 heteroatoms. The summed E-state index contributed by atoms with van der Waals surface area (Å²) in [6, 6.07) is 0. The van der Waals surface area contributed by atoms with Gasteiger partial charge in [-0.25, -0.2) is 0 Å². The van der Waals surface area contributed by atoms with Gasteiger partial charge in [-0.3, -0.25) is 4.90 Å². The van der Waals surface area contributed by atoms with E-state index in [1.165, 1.54) is 19.4 Å². The lowest BCUT2D eigenvalue weighted by Crippen LogP contribution is -2.48. The molecule has 11 heavy (non-hydrogen) atoms. The van der Waals surface area contributed by atoms with E-state index in [0.29, 0.717) is 11.1 Å². The molecule has 1 saturated carbocycles. The van der Waals surface area contributed by atoms with Gasteiger partial charge in [-0.05, 0) is 47.1 Å². The SMILES string of the molecule is CCN(C(C)(C)C)C1(C)CC1. The van der Waals surface area contributed by atoms with Crippen molar-refractivity contribution < 1.29 is 0 Å². The molecule has 0 amide bonds. The summed E-state index contributed by atoms with van der Waals surface area (Å²) in [7, 11) is 0. The Labute approximate surface area is 70.8 Å². The molecule has 0 spiro atoms. The summed E-state index contributed by atoms with van der Waals surface area (Å²) in [5.41, 5.74) is 0.882. The lowest BCUT2D eigenvalue weighted by atomic mass is 10.0. The maximum atomic E-state index is 2.61.